The van der Waals surface area contributed by atoms with Gasteiger partial charge >= 0.3 is 12.4 Å². The Labute approximate surface area is 153 Å². The highest BCUT2D eigenvalue weighted by Gasteiger charge is 2.40. The molecule has 2 aliphatic rings. The van der Waals surface area contributed by atoms with Crippen LogP contribution in [-0.2, 0) is 12.4 Å². The van der Waals surface area contributed by atoms with Gasteiger partial charge in [0.25, 0.3) is 0 Å². The van der Waals surface area contributed by atoms with E-state index >= 15 is 0 Å². The second kappa shape index (κ2) is 7.45. The molecule has 8 heteroatoms. The summed E-state index contributed by atoms with van der Waals surface area (Å²) < 4.78 is 78.2. The summed E-state index contributed by atoms with van der Waals surface area (Å²) >= 11 is 0. The number of benzene rings is 1. The molecule has 0 amide bonds. The number of hydrogen-bond donors (Lipinski definition) is 0. The molecule has 0 N–H and O–H groups in total. The van der Waals surface area contributed by atoms with Crippen molar-refractivity contribution in [3.8, 4) is 0 Å². The summed E-state index contributed by atoms with van der Waals surface area (Å²) in [6.45, 7) is 1.87. The minimum atomic E-state index is -5.02. The van der Waals surface area contributed by atoms with Gasteiger partial charge in [-0.05, 0) is 56.8 Å². The van der Waals surface area contributed by atoms with Crippen molar-refractivity contribution in [1.29, 1.82) is 0 Å². The first kappa shape index (κ1) is 20.2. The molecule has 2 nitrogen and oxygen atoms in total. The number of Topliss-reactive ketones (excluding diaryl/α,β-unsaturated/α-hetero) is 1. The number of nitrogens with zero attached hydrogens (tertiary/aromatic N) is 1. The zero-order valence-electron chi connectivity index (χ0n) is 14.7. The minimum absolute atomic E-state index is 0.0415. The summed E-state index contributed by atoms with van der Waals surface area (Å²) in [7, 11) is 0. The van der Waals surface area contributed by atoms with Crippen molar-refractivity contribution in [3.05, 3.63) is 34.9 Å². The van der Waals surface area contributed by atoms with Crippen LogP contribution in [-0.4, -0.2) is 29.8 Å². The second-order valence-electron chi connectivity index (χ2n) is 7.38. The maximum Gasteiger partial charge on any atom is 0.417 e. The van der Waals surface area contributed by atoms with Crippen LogP contribution in [0.3, 0.4) is 0 Å². The van der Waals surface area contributed by atoms with E-state index in [1.165, 1.54) is 0 Å². The first-order valence-electron chi connectivity index (χ1n) is 9.13. The first-order valence-corrected chi connectivity index (χ1v) is 9.13. The van der Waals surface area contributed by atoms with Crippen LogP contribution in [0.15, 0.2) is 18.2 Å². The Hall–Kier alpha value is -1.57. The number of halogens is 6. The molecular formula is C19H21F6NO. The SMILES string of the molecule is O=C(C[C@H]1CCC[C@H]1N1CCCC1)c1ccc(C(F)(F)F)cc1C(F)(F)F. The number of hydrogen-bond acceptors (Lipinski definition) is 2. The fourth-order valence-electron chi connectivity index (χ4n) is 4.36. The zero-order chi connectivity index (χ0) is 19.8. The number of likely N-dealkylation sites (tertiary alicyclic amines) is 1. The lowest BCUT2D eigenvalue weighted by Crippen LogP contribution is -2.36. The molecule has 1 aliphatic carbocycles. The molecule has 2 fully saturated rings. The van der Waals surface area contributed by atoms with Gasteiger partial charge in [-0.25, -0.2) is 0 Å². The summed E-state index contributed by atoms with van der Waals surface area (Å²) in [5.41, 5.74) is -3.57. The third-order valence-electron chi connectivity index (χ3n) is 5.63. The topological polar surface area (TPSA) is 20.3 Å². The molecule has 0 radical (unpaired) electrons. The van der Waals surface area contributed by atoms with Gasteiger partial charge in [-0.1, -0.05) is 12.5 Å². The van der Waals surface area contributed by atoms with Crippen molar-refractivity contribution < 1.29 is 31.1 Å². The Kier molecular flexibility index (Phi) is 5.57. The summed E-state index contributed by atoms with van der Waals surface area (Å²) in [5.74, 6) is -0.772. The standard InChI is InChI=1S/C19H21F6NO/c20-18(21,22)13-6-7-14(15(11-13)19(23,24)25)17(27)10-12-4-3-5-16(12)26-8-1-2-9-26/h6-7,11-12,16H,1-5,8-10H2/t12-,16-/m1/s1. The second-order valence-corrected chi connectivity index (χ2v) is 7.38. The quantitative estimate of drug-likeness (QED) is 0.493. The van der Waals surface area contributed by atoms with E-state index in [4.69, 9.17) is 0 Å². The molecule has 2 atom stereocenters. The predicted molar refractivity (Wildman–Crippen MR) is 87.3 cm³/mol. The Balaban J connectivity index is 1.83. The number of carbonyl (C=O) groups excluding carboxylic acids is 1. The molecule has 1 aromatic rings. The Morgan fingerprint density at radius 3 is 2.22 bits per heavy atom. The van der Waals surface area contributed by atoms with Gasteiger partial charge in [-0.15, -0.1) is 0 Å². The molecular weight excluding hydrogens is 372 g/mol. The highest BCUT2D eigenvalue weighted by molar-refractivity contribution is 5.98. The lowest BCUT2D eigenvalue weighted by Gasteiger charge is -2.29. The van der Waals surface area contributed by atoms with Crippen LogP contribution >= 0.6 is 0 Å². The molecule has 0 spiro atoms. The molecule has 1 saturated heterocycles. The third-order valence-corrected chi connectivity index (χ3v) is 5.63. The van der Waals surface area contributed by atoms with Crippen LogP contribution < -0.4 is 0 Å². The third kappa shape index (κ3) is 4.47. The van der Waals surface area contributed by atoms with Gasteiger partial charge in [0.15, 0.2) is 5.78 Å². The largest absolute Gasteiger partial charge is 0.417 e. The van der Waals surface area contributed by atoms with Gasteiger partial charge in [0, 0.05) is 18.0 Å². The average Bonchev–Trinajstić information content (AvgIpc) is 3.23. The maximum absolute atomic E-state index is 13.3. The van der Waals surface area contributed by atoms with Crippen LogP contribution in [0, 0.1) is 5.92 Å². The highest BCUT2D eigenvalue weighted by Crippen LogP contribution is 2.39. The average molecular weight is 393 g/mol. The van der Waals surface area contributed by atoms with E-state index in [0.29, 0.717) is 12.1 Å². The maximum atomic E-state index is 13.3. The van der Waals surface area contributed by atoms with Gasteiger partial charge in [0.2, 0.25) is 0 Å². The van der Waals surface area contributed by atoms with Gasteiger partial charge in [0.1, 0.15) is 0 Å². The fraction of sp³-hybridized carbons (Fsp3) is 0.632. The smallest absolute Gasteiger partial charge is 0.300 e. The van der Waals surface area contributed by atoms with Crippen molar-refractivity contribution in [2.75, 3.05) is 13.1 Å². The molecule has 1 aliphatic heterocycles. The molecule has 150 valence electrons. The normalized spacial score (nSPS) is 24.5. The fourth-order valence-corrected chi connectivity index (χ4v) is 4.36. The number of alkyl halides is 6. The van der Waals surface area contributed by atoms with Crippen molar-refractivity contribution in [1.82, 2.24) is 4.90 Å². The minimum Gasteiger partial charge on any atom is -0.300 e. The van der Waals surface area contributed by atoms with Crippen LogP contribution in [0.1, 0.15) is 60.0 Å². The van der Waals surface area contributed by atoms with Crippen molar-refractivity contribution in [2.24, 2.45) is 5.92 Å². The molecule has 27 heavy (non-hydrogen) atoms. The van der Waals surface area contributed by atoms with E-state index in [2.05, 4.69) is 4.90 Å². The molecule has 0 bridgehead atoms. The van der Waals surface area contributed by atoms with Crippen LogP contribution in [0.25, 0.3) is 0 Å². The predicted octanol–water partition coefficient (Wildman–Crippen LogP) is 5.56. The number of rotatable bonds is 4. The van der Waals surface area contributed by atoms with Crippen LogP contribution in [0.2, 0.25) is 0 Å². The van der Waals surface area contributed by atoms with Crippen molar-refractivity contribution in [3.63, 3.8) is 0 Å². The van der Waals surface area contributed by atoms with Crippen molar-refractivity contribution >= 4 is 5.78 Å². The molecule has 3 rings (SSSR count). The highest BCUT2D eigenvalue weighted by atomic mass is 19.4. The van der Waals surface area contributed by atoms with Gasteiger partial charge in [0.05, 0.1) is 11.1 Å². The summed E-state index contributed by atoms with van der Waals surface area (Å²) in [5, 5.41) is 0. The van der Waals surface area contributed by atoms with E-state index in [1.54, 1.807) is 0 Å². The molecule has 1 aromatic carbocycles. The van der Waals surface area contributed by atoms with Crippen LogP contribution in [0.5, 0.6) is 0 Å². The molecule has 0 aromatic heterocycles. The molecule has 1 saturated carbocycles. The lowest BCUT2D eigenvalue weighted by atomic mass is 9.90. The monoisotopic (exact) mass is 393 g/mol. The Morgan fingerprint density at radius 1 is 0.963 bits per heavy atom. The lowest BCUT2D eigenvalue weighted by molar-refractivity contribution is -0.143. The Morgan fingerprint density at radius 2 is 1.63 bits per heavy atom. The number of carbonyl (C=O) groups is 1. The van der Waals surface area contributed by atoms with Gasteiger partial charge in [-0.2, -0.15) is 26.3 Å². The molecule has 0 unspecified atom stereocenters. The van der Waals surface area contributed by atoms with Crippen LogP contribution in [0.4, 0.5) is 26.3 Å². The first-order chi connectivity index (χ1) is 12.6. The summed E-state index contributed by atoms with van der Waals surface area (Å²) in [6.07, 6.45) is -5.23. The molecule has 1 heterocycles. The van der Waals surface area contributed by atoms with E-state index in [1.807, 2.05) is 0 Å². The number of ketones is 1. The van der Waals surface area contributed by atoms with Crippen molar-refractivity contribution in [2.45, 2.75) is 56.9 Å². The van der Waals surface area contributed by atoms with E-state index < -0.39 is 34.8 Å². The Bertz CT molecular complexity index is 690. The van der Waals surface area contributed by atoms with E-state index in [0.717, 1.165) is 45.2 Å². The van der Waals surface area contributed by atoms with Gasteiger partial charge < -0.3 is 4.90 Å². The zero-order valence-corrected chi connectivity index (χ0v) is 14.7. The van der Waals surface area contributed by atoms with E-state index in [9.17, 15) is 31.1 Å². The summed E-state index contributed by atoms with van der Waals surface area (Å²) in [4.78, 5) is 14.9. The van der Waals surface area contributed by atoms with E-state index in [-0.39, 0.29) is 24.4 Å². The van der Waals surface area contributed by atoms with Gasteiger partial charge in [-0.3, -0.25) is 4.79 Å². The summed E-state index contributed by atoms with van der Waals surface area (Å²) in [6, 6.07) is 1.45.